The van der Waals surface area contributed by atoms with Gasteiger partial charge in [-0.15, -0.1) is 0 Å². The van der Waals surface area contributed by atoms with E-state index in [-0.39, 0.29) is 5.56 Å². The van der Waals surface area contributed by atoms with Crippen LogP contribution in [-0.2, 0) is 6.54 Å². The van der Waals surface area contributed by atoms with E-state index in [2.05, 4.69) is 10.3 Å². The number of nitrogens with one attached hydrogen (secondary N) is 1. The summed E-state index contributed by atoms with van der Waals surface area (Å²) in [4.78, 5) is 16.9. The fraction of sp³-hybridized carbons (Fsp3) is 0.130. The summed E-state index contributed by atoms with van der Waals surface area (Å²) in [6.45, 7) is 4.41. The lowest BCUT2D eigenvalue weighted by molar-refractivity contribution is 0.482. The number of pyridine rings is 1. The minimum Gasteiger partial charge on any atom is -0.457 e. The average molecular weight is 371 g/mol. The molecule has 0 aliphatic heterocycles. The smallest absolute Gasteiger partial charge is 0.258 e. The van der Waals surface area contributed by atoms with E-state index in [0.717, 1.165) is 22.9 Å². The van der Waals surface area contributed by atoms with Crippen molar-refractivity contribution in [1.82, 2.24) is 9.38 Å². The SMILES string of the molecule is Cc1ccc(Oc2ccc(NCc3cc(=O)n4c(C)cccc4n3)cc2)cc1. The van der Waals surface area contributed by atoms with Gasteiger partial charge in [0.15, 0.2) is 0 Å². The van der Waals surface area contributed by atoms with Crippen molar-refractivity contribution in [2.24, 2.45) is 0 Å². The lowest BCUT2D eigenvalue weighted by Crippen LogP contribution is -2.18. The summed E-state index contributed by atoms with van der Waals surface area (Å²) < 4.78 is 7.45. The molecule has 0 bridgehead atoms. The molecule has 0 unspecified atom stereocenters. The summed E-state index contributed by atoms with van der Waals surface area (Å²) in [5.74, 6) is 1.58. The first-order valence-electron chi connectivity index (χ1n) is 9.15. The van der Waals surface area contributed by atoms with Crippen LogP contribution in [0.3, 0.4) is 0 Å². The molecule has 0 fully saturated rings. The van der Waals surface area contributed by atoms with Gasteiger partial charge in [0.1, 0.15) is 17.1 Å². The quantitative estimate of drug-likeness (QED) is 0.552. The molecule has 5 nitrogen and oxygen atoms in total. The molecule has 0 spiro atoms. The molecule has 0 aliphatic rings. The van der Waals surface area contributed by atoms with Crippen LogP contribution in [0.25, 0.3) is 5.65 Å². The molecule has 0 saturated carbocycles. The van der Waals surface area contributed by atoms with Gasteiger partial charge in [-0.3, -0.25) is 9.20 Å². The molecule has 1 N–H and O–H groups in total. The molecular formula is C23H21N3O2. The van der Waals surface area contributed by atoms with Crippen molar-refractivity contribution in [3.8, 4) is 11.5 Å². The average Bonchev–Trinajstić information content (AvgIpc) is 2.69. The van der Waals surface area contributed by atoms with E-state index >= 15 is 0 Å². The Balaban J connectivity index is 1.44. The maximum Gasteiger partial charge on any atom is 0.258 e. The Morgan fingerprint density at radius 2 is 1.61 bits per heavy atom. The first-order chi connectivity index (χ1) is 13.6. The van der Waals surface area contributed by atoms with E-state index in [1.807, 2.05) is 80.6 Å². The number of anilines is 1. The van der Waals surface area contributed by atoms with Crippen LogP contribution >= 0.6 is 0 Å². The van der Waals surface area contributed by atoms with Gasteiger partial charge in [0.2, 0.25) is 0 Å². The molecular weight excluding hydrogens is 350 g/mol. The van der Waals surface area contributed by atoms with Crippen molar-refractivity contribution >= 4 is 11.3 Å². The highest BCUT2D eigenvalue weighted by molar-refractivity contribution is 5.48. The first kappa shape index (κ1) is 17.8. The van der Waals surface area contributed by atoms with Crippen LogP contribution < -0.4 is 15.6 Å². The summed E-state index contributed by atoms with van der Waals surface area (Å²) in [7, 11) is 0. The number of ether oxygens (including phenoxy) is 1. The van der Waals surface area contributed by atoms with Gasteiger partial charge in [-0.2, -0.15) is 0 Å². The van der Waals surface area contributed by atoms with Crippen LogP contribution in [0.4, 0.5) is 5.69 Å². The van der Waals surface area contributed by atoms with Gasteiger partial charge < -0.3 is 10.1 Å². The number of hydrogen-bond acceptors (Lipinski definition) is 4. The highest BCUT2D eigenvalue weighted by atomic mass is 16.5. The third kappa shape index (κ3) is 3.88. The third-order valence-electron chi connectivity index (χ3n) is 4.52. The molecule has 0 aliphatic carbocycles. The molecule has 0 amide bonds. The van der Waals surface area contributed by atoms with Crippen molar-refractivity contribution in [3.05, 3.63) is 100 Å². The first-order valence-corrected chi connectivity index (χ1v) is 9.15. The lowest BCUT2D eigenvalue weighted by Gasteiger charge is -2.10. The summed E-state index contributed by atoms with van der Waals surface area (Å²) >= 11 is 0. The minimum atomic E-state index is -0.0678. The zero-order valence-corrected chi connectivity index (χ0v) is 15.8. The standard InChI is InChI=1S/C23H21N3O2/c1-16-6-10-20(11-7-16)28-21-12-8-18(9-13-21)24-15-19-14-23(27)26-17(2)4-3-5-22(26)25-19/h3-14,24H,15H2,1-2H3. The predicted molar refractivity (Wildman–Crippen MR) is 111 cm³/mol. The molecule has 4 rings (SSSR count). The summed E-state index contributed by atoms with van der Waals surface area (Å²) in [6.07, 6.45) is 0. The Kier molecular flexibility index (Phi) is 4.81. The monoisotopic (exact) mass is 371 g/mol. The van der Waals surface area contributed by atoms with Crippen LogP contribution in [0, 0.1) is 13.8 Å². The van der Waals surface area contributed by atoms with E-state index in [9.17, 15) is 4.79 Å². The molecule has 4 aromatic rings. The normalized spacial score (nSPS) is 10.8. The Hall–Kier alpha value is -3.60. The van der Waals surface area contributed by atoms with Crippen molar-refractivity contribution in [2.45, 2.75) is 20.4 Å². The Bertz CT molecular complexity index is 1160. The van der Waals surface area contributed by atoms with E-state index in [1.54, 1.807) is 10.5 Å². The second kappa shape index (κ2) is 7.56. The van der Waals surface area contributed by atoms with E-state index in [0.29, 0.717) is 17.9 Å². The van der Waals surface area contributed by atoms with Gasteiger partial charge in [-0.1, -0.05) is 23.8 Å². The molecule has 2 heterocycles. The van der Waals surface area contributed by atoms with Crippen molar-refractivity contribution in [3.63, 3.8) is 0 Å². The molecule has 5 heteroatoms. The number of benzene rings is 2. The molecule has 28 heavy (non-hydrogen) atoms. The largest absolute Gasteiger partial charge is 0.457 e. The highest BCUT2D eigenvalue weighted by Gasteiger charge is 2.04. The van der Waals surface area contributed by atoms with Gasteiger partial charge in [0.05, 0.1) is 12.2 Å². The highest BCUT2D eigenvalue weighted by Crippen LogP contribution is 2.23. The number of aryl methyl sites for hydroxylation is 2. The Morgan fingerprint density at radius 3 is 2.32 bits per heavy atom. The van der Waals surface area contributed by atoms with Gasteiger partial charge in [0.25, 0.3) is 5.56 Å². The fourth-order valence-corrected chi connectivity index (χ4v) is 3.03. The second-order valence-corrected chi connectivity index (χ2v) is 6.74. The zero-order chi connectivity index (χ0) is 19.5. The van der Waals surface area contributed by atoms with Gasteiger partial charge in [-0.25, -0.2) is 4.98 Å². The summed E-state index contributed by atoms with van der Waals surface area (Å²) in [5, 5.41) is 3.30. The lowest BCUT2D eigenvalue weighted by atomic mass is 10.2. The van der Waals surface area contributed by atoms with Crippen molar-refractivity contribution < 1.29 is 4.74 Å². The van der Waals surface area contributed by atoms with Crippen LogP contribution in [-0.4, -0.2) is 9.38 Å². The van der Waals surface area contributed by atoms with E-state index in [4.69, 9.17) is 4.74 Å². The molecule has 0 atom stereocenters. The van der Waals surface area contributed by atoms with Crippen molar-refractivity contribution in [2.75, 3.05) is 5.32 Å². The Labute approximate surface area is 163 Å². The predicted octanol–water partition coefficient (Wildman–Crippen LogP) is 4.72. The summed E-state index contributed by atoms with van der Waals surface area (Å²) in [6, 6.07) is 22.9. The molecule has 2 aromatic carbocycles. The molecule has 2 aromatic heterocycles. The molecule has 0 radical (unpaired) electrons. The number of rotatable bonds is 5. The van der Waals surface area contributed by atoms with E-state index < -0.39 is 0 Å². The van der Waals surface area contributed by atoms with Gasteiger partial charge in [-0.05, 0) is 62.4 Å². The Morgan fingerprint density at radius 1 is 0.929 bits per heavy atom. The maximum atomic E-state index is 12.3. The molecule has 0 saturated heterocycles. The van der Waals surface area contributed by atoms with Crippen LogP contribution in [0.2, 0.25) is 0 Å². The number of fused-ring (bicyclic) bond motifs is 1. The van der Waals surface area contributed by atoms with Gasteiger partial charge >= 0.3 is 0 Å². The van der Waals surface area contributed by atoms with Crippen LogP contribution in [0.5, 0.6) is 11.5 Å². The van der Waals surface area contributed by atoms with E-state index in [1.165, 1.54) is 5.56 Å². The van der Waals surface area contributed by atoms with Gasteiger partial charge in [0, 0.05) is 17.4 Å². The summed E-state index contributed by atoms with van der Waals surface area (Å²) in [5.41, 5.74) is 4.30. The number of nitrogens with zero attached hydrogens (tertiary/aromatic N) is 2. The third-order valence-corrected chi connectivity index (χ3v) is 4.52. The topological polar surface area (TPSA) is 55.6 Å². The second-order valence-electron chi connectivity index (χ2n) is 6.74. The van der Waals surface area contributed by atoms with Crippen LogP contribution in [0.1, 0.15) is 17.0 Å². The van der Waals surface area contributed by atoms with Crippen molar-refractivity contribution in [1.29, 1.82) is 0 Å². The zero-order valence-electron chi connectivity index (χ0n) is 15.8. The minimum absolute atomic E-state index is 0.0678. The van der Waals surface area contributed by atoms with Crippen LogP contribution in [0.15, 0.2) is 77.6 Å². The number of hydrogen-bond donors (Lipinski definition) is 1. The maximum absolute atomic E-state index is 12.3. The molecule has 140 valence electrons. The fourth-order valence-electron chi connectivity index (χ4n) is 3.03. The number of aromatic nitrogens is 2.